The normalized spacial score (nSPS) is 13.1. The van der Waals surface area contributed by atoms with Gasteiger partial charge in [0, 0.05) is 18.6 Å². The van der Waals surface area contributed by atoms with Gasteiger partial charge in [-0.25, -0.2) is 13.2 Å². The number of nitrogens with two attached hydrogens (primary N) is 1. The highest BCUT2D eigenvalue weighted by Gasteiger charge is 2.28. The number of nitrogens with one attached hydrogen (secondary N) is 1. The van der Waals surface area contributed by atoms with E-state index in [4.69, 9.17) is 11.0 Å². The van der Waals surface area contributed by atoms with Crippen LogP contribution in [0.3, 0.4) is 0 Å². The minimum absolute atomic E-state index is 0.0950. The van der Waals surface area contributed by atoms with Gasteiger partial charge >= 0.3 is 0 Å². The van der Waals surface area contributed by atoms with E-state index < -0.39 is 46.8 Å². The summed E-state index contributed by atoms with van der Waals surface area (Å²) in [6, 6.07) is 1.20. The third-order valence-electron chi connectivity index (χ3n) is 2.81. The minimum Gasteiger partial charge on any atom is -0.368 e. The molecule has 0 saturated heterocycles. The summed E-state index contributed by atoms with van der Waals surface area (Å²) in [7, 11) is 0. The van der Waals surface area contributed by atoms with E-state index in [0.29, 0.717) is 12.1 Å². The number of hydrogen-bond donors (Lipinski definition) is 2. The number of nitrogens with zero attached hydrogens (tertiary/aromatic N) is 1. The maximum Gasteiger partial charge on any atom is 0.257 e. The van der Waals surface area contributed by atoms with Crippen LogP contribution in [0, 0.1) is 34.7 Å². The van der Waals surface area contributed by atoms with Crippen LogP contribution >= 0.6 is 0 Å². The Morgan fingerprint density at radius 1 is 1.33 bits per heavy atom. The van der Waals surface area contributed by atoms with E-state index in [1.807, 2.05) is 0 Å². The summed E-state index contributed by atoms with van der Waals surface area (Å²) >= 11 is 0. The van der Waals surface area contributed by atoms with Crippen LogP contribution in [0.2, 0.25) is 0 Å². The number of carbonyl (C=O) groups excluding carboxylic acids is 2. The molecule has 5 nitrogen and oxygen atoms in total. The number of halogens is 3. The topological polar surface area (TPSA) is 96.0 Å². The maximum atomic E-state index is 13.5. The van der Waals surface area contributed by atoms with Gasteiger partial charge in [0.05, 0.1) is 6.07 Å². The van der Waals surface area contributed by atoms with Crippen LogP contribution in [0.25, 0.3) is 0 Å². The lowest BCUT2D eigenvalue weighted by molar-refractivity contribution is -0.120. The Morgan fingerprint density at radius 3 is 2.29 bits per heavy atom. The van der Waals surface area contributed by atoms with Crippen molar-refractivity contribution >= 4 is 11.8 Å². The summed E-state index contributed by atoms with van der Waals surface area (Å²) in [5.74, 6) is -6.83. The monoisotopic (exact) mass is 299 g/mol. The minimum atomic E-state index is -1.40. The average molecular weight is 299 g/mol. The molecule has 0 aromatic heterocycles. The van der Waals surface area contributed by atoms with Crippen molar-refractivity contribution in [2.75, 3.05) is 0 Å². The molecule has 1 aromatic rings. The summed E-state index contributed by atoms with van der Waals surface area (Å²) in [5, 5.41) is 10.6. The Morgan fingerprint density at radius 2 is 1.86 bits per heavy atom. The predicted octanol–water partition coefficient (Wildman–Crippen LogP) is 1.24. The molecule has 0 aliphatic carbocycles. The number of benzene rings is 1. The maximum absolute atomic E-state index is 13.5. The van der Waals surface area contributed by atoms with Crippen molar-refractivity contribution in [3.05, 3.63) is 35.1 Å². The molecule has 0 saturated carbocycles. The van der Waals surface area contributed by atoms with E-state index in [-0.39, 0.29) is 6.42 Å². The molecule has 2 atom stereocenters. The first-order valence-corrected chi connectivity index (χ1v) is 5.89. The molecule has 0 unspecified atom stereocenters. The van der Waals surface area contributed by atoms with Gasteiger partial charge in [-0.3, -0.25) is 9.59 Å². The number of primary amides is 1. The lowest BCUT2D eigenvalue weighted by Crippen LogP contribution is -2.48. The van der Waals surface area contributed by atoms with E-state index in [0.717, 1.165) is 0 Å². The molecule has 1 rings (SSSR count). The van der Waals surface area contributed by atoms with Crippen molar-refractivity contribution in [2.45, 2.75) is 19.4 Å². The summed E-state index contributed by atoms with van der Waals surface area (Å²) in [4.78, 5) is 23.1. The number of amides is 2. The van der Waals surface area contributed by atoms with Crippen LogP contribution in [0.5, 0.6) is 0 Å². The molecule has 112 valence electrons. The van der Waals surface area contributed by atoms with E-state index in [2.05, 4.69) is 5.32 Å². The van der Waals surface area contributed by atoms with Crippen molar-refractivity contribution < 1.29 is 22.8 Å². The molecule has 0 heterocycles. The quantitative estimate of drug-likeness (QED) is 0.856. The molecule has 0 aliphatic heterocycles. The Bertz CT molecular complexity index is 590. The lowest BCUT2D eigenvalue weighted by atomic mass is 9.98. The largest absolute Gasteiger partial charge is 0.368 e. The van der Waals surface area contributed by atoms with E-state index in [9.17, 15) is 22.8 Å². The fraction of sp³-hybridized carbons (Fsp3) is 0.308. The first-order chi connectivity index (χ1) is 9.77. The van der Waals surface area contributed by atoms with Crippen LogP contribution < -0.4 is 11.1 Å². The molecule has 2 amide bonds. The van der Waals surface area contributed by atoms with Gasteiger partial charge in [-0.05, 0) is 5.92 Å². The smallest absolute Gasteiger partial charge is 0.257 e. The van der Waals surface area contributed by atoms with Gasteiger partial charge in [-0.15, -0.1) is 0 Å². The molecular formula is C13H12F3N3O2. The molecule has 0 fully saturated rings. The standard InChI is InChI=1S/C13H12F3N3O2/c1-6(2-3-17)11(12(18)20)19-13(21)10-8(15)4-7(14)5-9(10)16/h4-6,11H,2H2,1H3,(H2,18,20)(H,19,21)/t6-,11-/m0/s1. The molecule has 8 heteroatoms. The second kappa shape index (κ2) is 6.74. The highest BCUT2D eigenvalue weighted by atomic mass is 19.1. The van der Waals surface area contributed by atoms with Gasteiger partial charge in [0.1, 0.15) is 29.1 Å². The number of hydrogen-bond acceptors (Lipinski definition) is 3. The summed E-state index contributed by atoms with van der Waals surface area (Å²) < 4.78 is 39.7. The molecule has 0 radical (unpaired) electrons. The summed E-state index contributed by atoms with van der Waals surface area (Å²) in [6.07, 6.45) is -0.0950. The van der Waals surface area contributed by atoms with E-state index in [1.54, 1.807) is 6.07 Å². The first kappa shape index (κ1) is 16.5. The van der Waals surface area contributed by atoms with Crippen molar-refractivity contribution in [3.63, 3.8) is 0 Å². The summed E-state index contributed by atoms with van der Waals surface area (Å²) in [5.41, 5.74) is 4.06. The van der Waals surface area contributed by atoms with Gasteiger partial charge in [0.25, 0.3) is 5.91 Å². The molecule has 21 heavy (non-hydrogen) atoms. The molecular weight excluding hydrogens is 287 g/mol. The van der Waals surface area contributed by atoms with E-state index >= 15 is 0 Å². The molecule has 0 spiro atoms. The van der Waals surface area contributed by atoms with Crippen molar-refractivity contribution in [1.29, 1.82) is 5.26 Å². The Balaban J connectivity index is 3.04. The highest BCUT2D eigenvalue weighted by Crippen LogP contribution is 2.16. The molecule has 1 aromatic carbocycles. The SMILES string of the molecule is C[C@@H](CC#N)[C@H](NC(=O)c1c(F)cc(F)cc1F)C(N)=O. The van der Waals surface area contributed by atoms with Gasteiger partial charge in [-0.1, -0.05) is 6.92 Å². The van der Waals surface area contributed by atoms with Crippen LogP contribution in [-0.4, -0.2) is 17.9 Å². The van der Waals surface area contributed by atoms with Crippen molar-refractivity contribution in [1.82, 2.24) is 5.32 Å². The first-order valence-electron chi connectivity index (χ1n) is 5.89. The van der Waals surface area contributed by atoms with Gasteiger partial charge in [-0.2, -0.15) is 5.26 Å². The van der Waals surface area contributed by atoms with Crippen molar-refractivity contribution in [3.8, 4) is 6.07 Å². The Kier molecular flexibility index (Phi) is 5.30. The second-order valence-corrected chi connectivity index (χ2v) is 4.44. The fourth-order valence-electron chi connectivity index (χ4n) is 1.73. The molecule has 0 aliphatic rings. The van der Waals surface area contributed by atoms with Crippen LogP contribution in [0.15, 0.2) is 12.1 Å². The third kappa shape index (κ3) is 3.95. The summed E-state index contributed by atoms with van der Waals surface area (Å²) in [6.45, 7) is 1.47. The Hall–Kier alpha value is -2.56. The molecule has 0 bridgehead atoms. The zero-order valence-electron chi connectivity index (χ0n) is 11.0. The van der Waals surface area contributed by atoms with E-state index in [1.165, 1.54) is 6.92 Å². The fourth-order valence-corrected chi connectivity index (χ4v) is 1.73. The third-order valence-corrected chi connectivity index (χ3v) is 2.81. The average Bonchev–Trinajstić information content (AvgIpc) is 2.34. The predicted molar refractivity (Wildman–Crippen MR) is 66.2 cm³/mol. The molecule has 3 N–H and O–H groups in total. The van der Waals surface area contributed by atoms with Crippen LogP contribution in [0.4, 0.5) is 13.2 Å². The lowest BCUT2D eigenvalue weighted by Gasteiger charge is -2.20. The zero-order chi connectivity index (χ0) is 16.2. The van der Waals surface area contributed by atoms with Crippen molar-refractivity contribution in [2.24, 2.45) is 11.7 Å². The number of rotatable bonds is 5. The van der Waals surface area contributed by atoms with Gasteiger partial charge in [0.2, 0.25) is 5.91 Å². The van der Waals surface area contributed by atoms with Crippen LogP contribution in [-0.2, 0) is 4.79 Å². The van der Waals surface area contributed by atoms with Gasteiger partial charge in [0.15, 0.2) is 0 Å². The highest BCUT2D eigenvalue weighted by molar-refractivity contribution is 5.97. The Labute approximate surface area is 118 Å². The van der Waals surface area contributed by atoms with Crippen LogP contribution in [0.1, 0.15) is 23.7 Å². The number of carbonyl (C=O) groups is 2. The second-order valence-electron chi connectivity index (χ2n) is 4.44. The number of nitriles is 1. The zero-order valence-corrected chi connectivity index (χ0v) is 11.0. The van der Waals surface area contributed by atoms with Gasteiger partial charge < -0.3 is 11.1 Å².